The summed E-state index contributed by atoms with van der Waals surface area (Å²) in [6, 6.07) is 7.53. The van der Waals surface area contributed by atoms with E-state index in [0.29, 0.717) is 41.7 Å². The number of aromatic nitrogens is 4. The maximum absolute atomic E-state index is 15.5. The Balaban J connectivity index is 1.44. The van der Waals surface area contributed by atoms with Gasteiger partial charge in [-0.1, -0.05) is 6.92 Å². The molecule has 2 N–H and O–H groups in total. The molecule has 1 aliphatic heterocycles. The summed E-state index contributed by atoms with van der Waals surface area (Å²) in [4.78, 5) is 24.1. The zero-order valence-corrected chi connectivity index (χ0v) is 21.4. The summed E-state index contributed by atoms with van der Waals surface area (Å²) >= 11 is 0. The molecule has 1 aliphatic carbocycles. The molecule has 4 heterocycles. The number of rotatable bonds is 6. The van der Waals surface area contributed by atoms with Crippen LogP contribution >= 0.6 is 0 Å². The molecule has 1 saturated heterocycles. The highest BCUT2D eigenvalue weighted by Crippen LogP contribution is 2.37. The molecule has 200 valence electrons. The Morgan fingerprint density at radius 2 is 1.95 bits per heavy atom. The number of fused-ring (bicyclic) bond motifs is 2. The number of hydrogen-bond donors (Lipinski definition) is 1. The second-order valence-corrected chi connectivity index (χ2v) is 10.6. The van der Waals surface area contributed by atoms with Gasteiger partial charge in [0.25, 0.3) is 5.91 Å². The van der Waals surface area contributed by atoms with Crippen LogP contribution in [0.2, 0.25) is 0 Å². The average Bonchev–Trinajstić information content (AvgIpc) is 3.47. The molecular weight excluding hydrogens is 497 g/mol. The van der Waals surface area contributed by atoms with Crippen molar-refractivity contribution in [1.82, 2.24) is 24.0 Å². The number of hydrogen-bond acceptors (Lipinski definition) is 5. The molecule has 4 aromatic rings. The van der Waals surface area contributed by atoms with Crippen molar-refractivity contribution in [2.45, 2.75) is 51.9 Å². The molecule has 3 aromatic heterocycles. The van der Waals surface area contributed by atoms with E-state index in [-0.39, 0.29) is 40.9 Å². The van der Waals surface area contributed by atoms with Gasteiger partial charge < -0.3 is 24.5 Å². The Hall–Kier alpha value is -3.60. The second-order valence-electron chi connectivity index (χ2n) is 10.6. The Kier molecular flexibility index (Phi) is 5.86. The molecule has 3 atom stereocenters. The number of pyridine rings is 1. The number of likely N-dealkylation sites (tertiary alicyclic amines) is 1. The third-order valence-electron chi connectivity index (χ3n) is 7.92. The molecule has 1 aromatic carbocycles. The minimum Gasteiger partial charge on any atom is -0.417 e. The molecule has 38 heavy (non-hydrogen) atoms. The molecule has 0 bridgehead atoms. The van der Waals surface area contributed by atoms with E-state index in [2.05, 4.69) is 9.72 Å². The number of ether oxygens (including phenoxy) is 1. The second kappa shape index (κ2) is 9.00. The molecule has 2 fully saturated rings. The van der Waals surface area contributed by atoms with Crippen LogP contribution in [-0.4, -0.2) is 55.1 Å². The lowest BCUT2D eigenvalue weighted by Crippen LogP contribution is -2.41. The summed E-state index contributed by atoms with van der Waals surface area (Å²) in [5, 5.41) is 0.735. The van der Waals surface area contributed by atoms with Crippen LogP contribution in [0, 0.1) is 17.7 Å². The van der Waals surface area contributed by atoms with Gasteiger partial charge in [0, 0.05) is 49.2 Å². The highest BCUT2D eigenvalue weighted by Gasteiger charge is 2.37. The first-order valence-electron chi connectivity index (χ1n) is 12.8. The van der Waals surface area contributed by atoms with Crippen LogP contribution in [0.1, 0.15) is 37.0 Å². The number of nitrogens with zero attached hydrogens (tertiary/aromatic N) is 5. The number of benzene rings is 1. The Morgan fingerprint density at radius 3 is 2.61 bits per heavy atom. The first-order chi connectivity index (χ1) is 18.1. The van der Waals surface area contributed by atoms with Gasteiger partial charge in [0.2, 0.25) is 5.88 Å². The van der Waals surface area contributed by atoms with Crippen molar-refractivity contribution in [1.29, 1.82) is 0 Å². The van der Waals surface area contributed by atoms with Crippen molar-refractivity contribution in [2.75, 3.05) is 6.54 Å². The molecule has 0 radical (unpaired) electrons. The topological polar surface area (TPSA) is 91.2 Å². The molecule has 1 saturated carbocycles. The van der Waals surface area contributed by atoms with Crippen molar-refractivity contribution in [3.8, 4) is 17.4 Å². The Labute approximate surface area is 217 Å². The van der Waals surface area contributed by atoms with E-state index < -0.39 is 12.4 Å². The first-order valence-corrected chi connectivity index (χ1v) is 12.8. The predicted octanol–water partition coefficient (Wildman–Crippen LogP) is 4.55. The zero-order chi connectivity index (χ0) is 26.9. The lowest BCUT2D eigenvalue weighted by molar-refractivity contribution is -0.0526. The van der Waals surface area contributed by atoms with Crippen molar-refractivity contribution < 1.29 is 22.7 Å². The average molecular weight is 527 g/mol. The predicted molar refractivity (Wildman–Crippen MR) is 136 cm³/mol. The van der Waals surface area contributed by atoms with E-state index in [1.165, 1.54) is 12.1 Å². The lowest BCUT2D eigenvalue weighted by Gasteiger charge is -2.23. The SMILES string of the molecule is C[C@@H]1CN(C(=O)c2cc(F)c3c(c2)nc(-c2cc4ccc(OC(F)F)nc4n2CC2CC2)n3C)[C@H](C)[C@@H]1N. The minimum atomic E-state index is -2.98. The zero-order valence-electron chi connectivity index (χ0n) is 21.4. The fraction of sp³-hybridized carbons (Fsp3) is 0.444. The summed E-state index contributed by atoms with van der Waals surface area (Å²) in [7, 11) is 1.72. The molecule has 6 rings (SSSR count). The van der Waals surface area contributed by atoms with E-state index in [9.17, 15) is 13.6 Å². The quantitative estimate of drug-likeness (QED) is 0.398. The number of imidazole rings is 1. The maximum atomic E-state index is 15.5. The highest BCUT2D eigenvalue weighted by molar-refractivity contribution is 5.98. The fourth-order valence-corrected chi connectivity index (χ4v) is 5.56. The fourth-order valence-electron chi connectivity index (χ4n) is 5.56. The van der Waals surface area contributed by atoms with Crippen molar-refractivity contribution in [2.24, 2.45) is 24.6 Å². The number of amides is 1. The summed E-state index contributed by atoms with van der Waals surface area (Å²) in [5.74, 6) is 0.0910. The maximum Gasteiger partial charge on any atom is 0.388 e. The Bertz CT molecular complexity index is 1560. The number of carbonyl (C=O) groups is 1. The number of carbonyl (C=O) groups excluding carboxylic acids is 1. The van der Waals surface area contributed by atoms with E-state index >= 15 is 4.39 Å². The van der Waals surface area contributed by atoms with Gasteiger partial charge >= 0.3 is 6.61 Å². The third-order valence-corrected chi connectivity index (χ3v) is 7.92. The van der Waals surface area contributed by atoms with Gasteiger partial charge in [-0.2, -0.15) is 13.8 Å². The molecule has 8 nitrogen and oxygen atoms in total. The molecule has 11 heteroatoms. The number of alkyl halides is 2. The monoisotopic (exact) mass is 526 g/mol. The molecule has 0 spiro atoms. The van der Waals surface area contributed by atoms with Gasteiger partial charge in [-0.05, 0) is 55.9 Å². The van der Waals surface area contributed by atoms with Gasteiger partial charge in [-0.3, -0.25) is 4.79 Å². The summed E-state index contributed by atoms with van der Waals surface area (Å²) in [6.45, 7) is 2.07. The molecular formula is C27H29F3N6O2. The van der Waals surface area contributed by atoms with Crippen LogP contribution in [0.3, 0.4) is 0 Å². The smallest absolute Gasteiger partial charge is 0.388 e. The van der Waals surface area contributed by atoms with Crippen LogP contribution in [0.5, 0.6) is 5.88 Å². The summed E-state index contributed by atoms with van der Waals surface area (Å²) in [5.41, 5.74) is 8.26. The van der Waals surface area contributed by atoms with Crippen LogP contribution in [0.25, 0.3) is 33.6 Å². The van der Waals surface area contributed by atoms with Crippen LogP contribution in [0.4, 0.5) is 13.2 Å². The number of aryl methyl sites for hydroxylation is 1. The van der Waals surface area contributed by atoms with Crippen molar-refractivity contribution in [3.05, 3.63) is 41.7 Å². The molecule has 0 unspecified atom stereocenters. The number of nitrogens with two attached hydrogens (primary N) is 1. The minimum absolute atomic E-state index is 0.136. The third kappa shape index (κ3) is 4.09. The summed E-state index contributed by atoms with van der Waals surface area (Å²) < 4.78 is 49.2. The number of halogens is 3. The van der Waals surface area contributed by atoms with Crippen LogP contribution in [0.15, 0.2) is 30.3 Å². The molecule has 1 amide bonds. The van der Waals surface area contributed by atoms with Gasteiger partial charge in [0.15, 0.2) is 5.82 Å². The van der Waals surface area contributed by atoms with Crippen LogP contribution < -0.4 is 10.5 Å². The molecule has 2 aliphatic rings. The van der Waals surface area contributed by atoms with Gasteiger partial charge in [-0.15, -0.1) is 0 Å². The lowest BCUT2D eigenvalue weighted by atomic mass is 10.0. The van der Waals surface area contributed by atoms with Gasteiger partial charge in [0.1, 0.15) is 17.0 Å². The van der Waals surface area contributed by atoms with E-state index in [0.717, 1.165) is 18.2 Å². The largest absolute Gasteiger partial charge is 0.417 e. The normalized spacial score (nSPS) is 21.8. The van der Waals surface area contributed by atoms with Crippen LogP contribution in [-0.2, 0) is 13.6 Å². The van der Waals surface area contributed by atoms with Gasteiger partial charge in [-0.25, -0.2) is 9.37 Å². The van der Waals surface area contributed by atoms with Gasteiger partial charge in [0.05, 0.1) is 11.2 Å². The van der Waals surface area contributed by atoms with Crippen molar-refractivity contribution in [3.63, 3.8) is 0 Å². The Morgan fingerprint density at radius 1 is 1.18 bits per heavy atom. The standard InChI is InChI=1S/C27H29F3N6O2/c1-13-11-35(14(2)22(13)31)26(37)17-8-18(28)23-19(9-17)32-25(34(23)3)20-10-16-6-7-21(38-27(29)30)33-24(16)36(20)12-15-4-5-15/h6-10,13-15,22,27H,4-5,11-12,31H2,1-3H3/t13-,14-,22-/m1/s1. The van der Waals surface area contributed by atoms with E-state index in [1.807, 2.05) is 24.5 Å². The van der Waals surface area contributed by atoms with E-state index in [1.54, 1.807) is 28.6 Å². The first kappa shape index (κ1) is 24.7. The van der Waals surface area contributed by atoms with Crippen molar-refractivity contribution >= 4 is 28.0 Å². The highest BCUT2D eigenvalue weighted by atomic mass is 19.3. The van der Waals surface area contributed by atoms with E-state index in [4.69, 9.17) is 10.7 Å². The summed E-state index contributed by atoms with van der Waals surface area (Å²) in [6.07, 6.45) is 2.12.